The predicted molar refractivity (Wildman–Crippen MR) is 132 cm³/mol. The molecule has 34 heavy (non-hydrogen) atoms. The molecule has 0 unspecified atom stereocenters. The maximum atomic E-state index is 13.1. The van der Waals surface area contributed by atoms with Crippen LogP contribution in [0.3, 0.4) is 0 Å². The molecule has 5 rings (SSSR count). The van der Waals surface area contributed by atoms with E-state index < -0.39 is 0 Å². The van der Waals surface area contributed by atoms with E-state index in [1.54, 1.807) is 59.4 Å². The van der Waals surface area contributed by atoms with Crippen LogP contribution in [0.15, 0.2) is 90.1 Å². The fourth-order valence-electron chi connectivity index (χ4n) is 3.93. The van der Waals surface area contributed by atoms with Crippen LogP contribution < -0.4 is 10.9 Å². The minimum atomic E-state index is -0.316. The van der Waals surface area contributed by atoms with E-state index in [0.717, 1.165) is 5.56 Å². The lowest BCUT2D eigenvalue weighted by atomic mass is 10.1. The molecule has 0 aliphatic rings. The second-order valence-electron chi connectivity index (χ2n) is 7.89. The number of Topliss-reactive ketones (excluding diaryl/α,β-unsaturated/α-hetero) is 1. The standard InChI is InChI=1S/C26H19ClN4O3/c27-19-8-11-22-21(13-19)26(34)30(25-14-28-16-31(22)25)15-23(32)18-6-9-20(10-7-18)29-24(33)12-17-4-2-1-3-5-17/h1-11,13-14,16H,12,15H2,(H,29,33). The van der Waals surface area contributed by atoms with Crippen LogP contribution >= 0.6 is 11.6 Å². The van der Waals surface area contributed by atoms with Crippen molar-refractivity contribution in [2.24, 2.45) is 0 Å². The molecule has 0 bridgehead atoms. The molecule has 0 saturated heterocycles. The number of nitrogens with one attached hydrogen (secondary N) is 1. The third kappa shape index (κ3) is 4.21. The number of benzene rings is 3. The number of hydrogen-bond donors (Lipinski definition) is 1. The van der Waals surface area contributed by atoms with E-state index in [9.17, 15) is 14.4 Å². The lowest BCUT2D eigenvalue weighted by molar-refractivity contribution is -0.115. The van der Waals surface area contributed by atoms with Gasteiger partial charge in [-0.15, -0.1) is 0 Å². The highest BCUT2D eigenvalue weighted by molar-refractivity contribution is 6.31. The topological polar surface area (TPSA) is 85.5 Å². The molecule has 5 aromatic rings. The normalized spacial score (nSPS) is 11.1. The zero-order valence-electron chi connectivity index (χ0n) is 17.9. The molecule has 2 aromatic heterocycles. The van der Waals surface area contributed by atoms with Crippen molar-refractivity contribution in [2.45, 2.75) is 13.0 Å². The molecule has 1 N–H and O–H groups in total. The highest BCUT2D eigenvalue weighted by atomic mass is 35.5. The van der Waals surface area contributed by atoms with Gasteiger partial charge in [0.05, 0.1) is 30.1 Å². The number of aromatic nitrogens is 3. The molecule has 0 radical (unpaired) electrons. The molecule has 7 nitrogen and oxygen atoms in total. The van der Waals surface area contributed by atoms with Gasteiger partial charge in [-0.25, -0.2) is 4.98 Å². The first-order chi connectivity index (χ1) is 16.5. The number of anilines is 1. The van der Waals surface area contributed by atoms with E-state index in [1.165, 1.54) is 4.57 Å². The predicted octanol–water partition coefficient (Wildman–Crippen LogP) is 4.37. The summed E-state index contributed by atoms with van der Waals surface area (Å²) in [7, 11) is 0. The first-order valence-corrected chi connectivity index (χ1v) is 11.0. The number of rotatable bonds is 6. The van der Waals surface area contributed by atoms with Crippen LogP contribution in [-0.2, 0) is 17.8 Å². The first kappa shape index (κ1) is 21.6. The number of halogens is 1. The van der Waals surface area contributed by atoms with Crippen LogP contribution in [-0.4, -0.2) is 25.6 Å². The zero-order chi connectivity index (χ0) is 23.7. The Balaban J connectivity index is 1.36. The number of imidazole rings is 1. The molecule has 0 fully saturated rings. The molecule has 3 aromatic carbocycles. The first-order valence-electron chi connectivity index (χ1n) is 10.6. The van der Waals surface area contributed by atoms with Gasteiger partial charge >= 0.3 is 0 Å². The molecule has 0 saturated carbocycles. The van der Waals surface area contributed by atoms with Crippen molar-refractivity contribution in [2.75, 3.05) is 5.32 Å². The summed E-state index contributed by atoms with van der Waals surface area (Å²) in [5.41, 5.74) is 2.80. The molecular weight excluding hydrogens is 452 g/mol. The van der Waals surface area contributed by atoms with Crippen molar-refractivity contribution in [1.29, 1.82) is 0 Å². The summed E-state index contributed by atoms with van der Waals surface area (Å²) in [5.74, 6) is -0.386. The number of fused-ring (bicyclic) bond motifs is 3. The summed E-state index contributed by atoms with van der Waals surface area (Å²) in [6, 6.07) is 21.1. The highest BCUT2D eigenvalue weighted by Gasteiger charge is 2.15. The van der Waals surface area contributed by atoms with Crippen LogP contribution in [0.25, 0.3) is 16.6 Å². The average Bonchev–Trinajstić information content (AvgIpc) is 3.32. The van der Waals surface area contributed by atoms with Gasteiger partial charge in [-0.3, -0.25) is 23.4 Å². The van der Waals surface area contributed by atoms with E-state index in [1.807, 2.05) is 30.3 Å². The summed E-state index contributed by atoms with van der Waals surface area (Å²) >= 11 is 6.10. The Morgan fingerprint density at radius 1 is 0.971 bits per heavy atom. The van der Waals surface area contributed by atoms with E-state index >= 15 is 0 Å². The van der Waals surface area contributed by atoms with Crippen molar-refractivity contribution in [3.05, 3.63) is 112 Å². The molecule has 0 aliphatic carbocycles. The van der Waals surface area contributed by atoms with Gasteiger partial charge in [-0.1, -0.05) is 41.9 Å². The number of amides is 1. The smallest absolute Gasteiger partial charge is 0.262 e. The summed E-state index contributed by atoms with van der Waals surface area (Å²) in [6.07, 6.45) is 3.41. The Hall–Kier alpha value is -4.23. The molecule has 0 spiro atoms. The molecule has 0 atom stereocenters. The summed E-state index contributed by atoms with van der Waals surface area (Å²) in [5, 5.41) is 3.67. The van der Waals surface area contributed by atoms with Crippen LogP contribution in [0.4, 0.5) is 5.69 Å². The molecular formula is C26H19ClN4O3. The van der Waals surface area contributed by atoms with Gasteiger partial charge in [0.2, 0.25) is 5.91 Å². The molecule has 168 valence electrons. The Morgan fingerprint density at radius 2 is 1.74 bits per heavy atom. The third-order valence-electron chi connectivity index (χ3n) is 5.59. The fourth-order valence-corrected chi connectivity index (χ4v) is 4.10. The van der Waals surface area contributed by atoms with Gasteiger partial charge < -0.3 is 5.32 Å². The maximum Gasteiger partial charge on any atom is 0.262 e. The van der Waals surface area contributed by atoms with Gasteiger partial charge in [-0.05, 0) is 48.0 Å². The highest BCUT2D eigenvalue weighted by Crippen LogP contribution is 2.19. The average molecular weight is 471 g/mol. The lowest BCUT2D eigenvalue weighted by Gasteiger charge is -2.11. The van der Waals surface area contributed by atoms with E-state index in [-0.39, 0.29) is 30.2 Å². The Kier molecular flexibility index (Phi) is 5.69. The molecule has 0 aliphatic heterocycles. The molecule has 8 heteroatoms. The van der Waals surface area contributed by atoms with Crippen LogP contribution in [0.2, 0.25) is 5.02 Å². The molecule has 2 heterocycles. The van der Waals surface area contributed by atoms with Crippen molar-refractivity contribution in [1.82, 2.24) is 14.0 Å². The number of carbonyl (C=O) groups is 2. The zero-order valence-corrected chi connectivity index (χ0v) is 18.7. The largest absolute Gasteiger partial charge is 0.326 e. The number of carbonyl (C=O) groups excluding carboxylic acids is 2. The Morgan fingerprint density at radius 3 is 2.50 bits per heavy atom. The number of hydrogen-bond acceptors (Lipinski definition) is 4. The fraction of sp³-hybridized carbons (Fsp3) is 0.0769. The second-order valence-corrected chi connectivity index (χ2v) is 8.32. The van der Waals surface area contributed by atoms with Crippen LogP contribution in [0, 0.1) is 0 Å². The number of nitrogens with zero attached hydrogens (tertiary/aromatic N) is 3. The maximum absolute atomic E-state index is 13.1. The van der Waals surface area contributed by atoms with E-state index in [2.05, 4.69) is 10.3 Å². The van der Waals surface area contributed by atoms with Crippen LogP contribution in [0.1, 0.15) is 15.9 Å². The van der Waals surface area contributed by atoms with Gasteiger partial charge in [0.25, 0.3) is 5.56 Å². The van der Waals surface area contributed by atoms with Crippen molar-refractivity contribution >= 4 is 45.5 Å². The van der Waals surface area contributed by atoms with Gasteiger partial charge in [-0.2, -0.15) is 0 Å². The van der Waals surface area contributed by atoms with Gasteiger partial charge in [0.1, 0.15) is 12.0 Å². The molecule has 1 amide bonds. The van der Waals surface area contributed by atoms with Crippen molar-refractivity contribution in [3.8, 4) is 0 Å². The second kappa shape index (κ2) is 8.96. The minimum absolute atomic E-state index is 0.144. The van der Waals surface area contributed by atoms with Gasteiger partial charge in [0, 0.05) is 16.3 Å². The Labute approximate surface area is 199 Å². The SMILES string of the molecule is O=C(Cc1ccccc1)Nc1ccc(C(=O)Cn2c(=O)c3cc(Cl)ccc3n3cncc23)cc1. The third-order valence-corrected chi connectivity index (χ3v) is 5.82. The summed E-state index contributed by atoms with van der Waals surface area (Å²) in [6.45, 7) is -0.157. The summed E-state index contributed by atoms with van der Waals surface area (Å²) in [4.78, 5) is 42.6. The van der Waals surface area contributed by atoms with E-state index in [0.29, 0.717) is 32.8 Å². The van der Waals surface area contributed by atoms with E-state index in [4.69, 9.17) is 11.6 Å². The minimum Gasteiger partial charge on any atom is -0.326 e. The Bertz CT molecular complexity index is 1590. The monoisotopic (exact) mass is 470 g/mol. The number of ketones is 1. The quantitative estimate of drug-likeness (QED) is 0.373. The van der Waals surface area contributed by atoms with Gasteiger partial charge in [0.15, 0.2) is 5.78 Å². The van der Waals surface area contributed by atoms with Crippen LogP contribution in [0.5, 0.6) is 0 Å². The van der Waals surface area contributed by atoms with Crippen molar-refractivity contribution < 1.29 is 9.59 Å². The lowest BCUT2D eigenvalue weighted by Crippen LogP contribution is -2.26. The summed E-state index contributed by atoms with van der Waals surface area (Å²) < 4.78 is 3.15. The van der Waals surface area contributed by atoms with Crippen molar-refractivity contribution in [3.63, 3.8) is 0 Å².